The average molecular weight is 395 g/mol. The van der Waals surface area contributed by atoms with E-state index in [9.17, 15) is 23.1 Å². The van der Waals surface area contributed by atoms with Crippen LogP contribution in [0.15, 0.2) is 27.9 Å². The fraction of sp³-hybridized carbons (Fsp3) is 0.529. The van der Waals surface area contributed by atoms with Crippen molar-refractivity contribution in [2.45, 2.75) is 11.3 Å². The molecule has 9 nitrogen and oxygen atoms in total. The summed E-state index contributed by atoms with van der Waals surface area (Å²) >= 11 is 0. The standard InChI is InChI=1S/C17H21N3O6S/c1-18-13-4-3-12(7-14(13)19(2)16(18)23)27(24,25)20-8-11-9-26-6-5-17(11,10-20)15(21)22/h3-4,7,11H,5-6,8-10H2,1-2H3,(H,21,22)/t11-,17+/m1/s1. The van der Waals surface area contributed by atoms with Gasteiger partial charge in [-0.25, -0.2) is 13.2 Å². The lowest BCUT2D eigenvalue weighted by molar-refractivity contribution is -0.157. The van der Waals surface area contributed by atoms with E-state index >= 15 is 0 Å². The number of benzene rings is 1. The van der Waals surface area contributed by atoms with Crippen molar-refractivity contribution in [1.82, 2.24) is 13.4 Å². The molecular formula is C17H21N3O6S. The fourth-order valence-corrected chi connectivity index (χ4v) is 5.81. The van der Waals surface area contributed by atoms with Gasteiger partial charge in [-0.2, -0.15) is 4.31 Å². The van der Waals surface area contributed by atoms with Crippen molar-refractivity contribution in [2.24, 2.45) is 25.4 Å². The summed E-state index contributed by atoms with van der Waals surface area (Å²) in [5.41, 5.74) is -0.202. The van der Waals surface area contributed by atoms with Crippen LogP contribution in [0.4, 0.5) is 0 Å². The molecule has 3 heterocycles. The van der Waals surface area contributed by atoms with Gasteiger partial charge in [-0.3, -0.25) is 13.9 Å². The minimum absolute atomic E-state index is 0.0521. The van der Waals surface area contributed by atoms with E-state index in [0.717, 1.165) is 0 Å². The Kier molecular flexibility index (Phi) is 3.99. The lowest BCUT2D eigenvalue weighted by atomic mass is 9.74. The molecule has 0 bridgehead atoms. The third-order valence-corrected chi connectivity index (χ3v) is 7.79. The van der Waals surface area contributed by atoms with Crippen molar-refractivity contribution in [1.29, 1.82) is 0 Å². The second kappa shape index (κ2) is 5.91. The first-order chi connectivity index (χ1) is 12.7. The summed E-state index contributed by atoms with van der Waals surface area (Å²) in [5, 5.41) is 9.75. The lowest BCUT2D eigenvalue weighted by Gasteiger charge is -2.34. The number of fused-ring (bicyclic) bond motifs is 2. The maximum atomic E-state index is 13.2. The maximum absolute atomic E-state index is 13.2. The summed E-state index contributed by atoms with van der Waals surface area (Å²) in [5.74, 6) is -1.35. The van der Waals surface area contributed by atoms with E-state index < -0.39 is 21.4 Å². The second-order valence-corrected chi connectivity index (χ2v) is 9.27. The number of imidazole rings is 1. The van der Waals surface area contributed by atoms with Crippen LogP contribution in [0.2, 0.25) is 0 Å². The maximum Gasteiger partial charge on any atom is 0.328 e. The number of rotatable bonds is 3. The van der Waals surface area contributed by atoms with Crippen molar-refractivity contribution in [3.05, 3.63) is 28.7 Å². The van der Waals surface area contributed by atoms with Crippen LogP contribution in [0.1, 0.15) is 6.42 Å². The molecule has 4 rings (SSSR count). The number of aromatic nitrogens is 2. The molecule has 0 unspecified atom stereocenters. The number of carbonyl (C=O) groups is 1. The number of nitrogens with zero attached hydrogens (tertiary/aromatic N) is 3. The van der Waals surface area contributed by atoms with Gasteiger partial charge in [0.2, 0.25) is 10.0 Å². The minimum Gasteiger partial charge on any atom is -0.481 e. The third kappa shape index (κ3) is 2.47. The van der Waals surface area contributed by atoms with E-state index in [1.54, 1.807) is 20.2 Å². The Hall–Kier alpha value is -2.17. The highest BCUT2D eigenvalue weighted by Gasteiger charge is 2.56. The Bertz CT molecular complexity index is 1100. The molecule has 1 aromatic heterocycles. The van der Waals surface area contributed by atoms with Gasteiger partial charge in [0.05, 0.1) is 28.0 Å². The van der Waals surface area contributed by atoms with Gasteiger partial charge in [-0.05, 0) is 24.6 Å². The highest BCUT2D eigenvalue weighted by Crippen LogP contribution is 2.44. The summed E-state index contributed by atoms with van der Waals surface area (Å²) in [6, 6.07) is 4.53. The summed E-state index contributed by atoms with van der Waals surface area (Å²) in [6.07, 6.45) is 0.297. The second-order valence-electron chi connectivity index (χ2n) is 7.33. The van der Waals surface area contributed by atoms with E-state index in [2.05, 4.69) is 0 Å². The first-order valence-electron chi connectivity index (χ1n) is 8.65. The number of carboxylic acids is 1. The summed E-state index contributed by atoms with van der Waals surface area (Å²) < 4.78 is 35.8. The fourth-order valence-electron chi connectivity index (χ4n) is 4.23. The summed E-state index contributed by atoms with van der Waals surface area (Å²) in [7, 11) is -0.679. The molecule has 0 radical (unpaired) electrons. The number of aryl methyl sites for hydroxylation is 2. The van der Waals surface area contributed by atoms with Gasteiger partial charge in [-0.1, -0.05) is 0 Å². The van der Waals surface area contributed by atoms with Gasteiger partial charge in [0.15, 0.2) is 0 Å². The van der Waals surface area contributed by atoms with Crippen molar-refractivity contribution in [3.63, 3.8) is 0 Å². The van der Waals surface area contributed by atoms with Crippen molar-refractivity contribution in [3.8, 4) is 0 Å². The minimum atomic E-state index is -3.89. The normalized spacial score (nSPS) is 26.4. The third-order valence-electron chi connectivity index (χ3n) is 5.98. The Morgan fingerprint density at radius 1 is 1.26 bits per heavy atom. The SMILES string of the molecule is Cn1c(=O)n(C)c2cc(S(=O)(=O)N3C[C@@H]4COCC[C@]4(C(=O)O)C3)ccc21. The number of hydrogen-bond acceptors (Lipinski definition) is 5. The van der Waals surface area contributed by atoms with Crippen LogP contribution in [0.5, 0.6) is 0 Å². The molecule has 2 fully saturated rings. The van der Waals surface area contributed by atoms with E-state index in [-0.39, 0.29) is 36.2 Å². The van der Waals surface area contributed by atoms with Crippen LogP contribution >= 0.6 is 0 Å². The first kappa shape index (κ1) is 18.2. The lowest BCUT2D eigenvalue weighted by Crippen LogP contribution is -2.45. The van der Waals surface area contributed by atoms with Gasteiger partial charge in [0.25, 0.3) is 0 Å². The molecule has 2 atom stereocenters. The van der Waals surface area contributed by atoms with Crippen LogP contribution in [-0.2, 0) is 33.7 Å². The predicted molar refractivity (Wildman–Crippen MR) is 95.9 cm³/mol. The van der Waals surface area contributed by atoms with Crippen LogP contribution in [-0.4, -0.2) is 59.2 Å². The molecule has 2 saturated heterocycles. The van der Waals surface area contributed by atoms with Gasteiger partial charge >= 0.3 is 11.7 Å². The zero-order valence-corrected chi connectivity index (χ0v) is 15.9. The zero-order chi connectivity index (χ0) is 19.6. The molecule has 2 aliphatic rings. The van der Waals surface area contributed by atoms with Crippen molar-refractivity contribution in [2.75, 3.05) is 26.3 Å². The van der Waals surface area contributed by atoms with Crippen molar-refractivity contribution >= 4 is 27.0 Å². The molecule has 1 aromatic carbocycles. The molecule has 0 amide bonds. The quantitative estimate of drug-likeness (QED) is 0.783. The Morgan fingerprint density at radius 2 is 1.96 bits per heavy atom. The highest BCUT2D eigenvalue weighted by atomic mass is 32.2. The van der Waals surface area contributed by atoms with Gasteiger partial charge in [0.1, 0.15) is 0 Å². The van der Waals surface area contributed by atoms with E-state index in [1.165, 1.54) is 25.6 Å². The largest absolute Gasteiger partial charge is 0.481 e. The Morgan fingerprint density at radius 3 is 2.63 bits per heavy atom. The molecule has 0 saturated carbocycles. The van der Waals surface area contributed by atoms with E-state index in [1.807, 2.05) is 0 Å². The summed E-state index contributed by atoms with van der Waals surface area (Å²) in [4.78, 5) is 24.0. The number of carboxylic acid groups (broad SMARTS) is 1. The molecule has 0 spiro atoms. The van der Waals surface area contributed by atoms with Gasteiger partial charge < -0.3 is 9.84 Å². The van der Waals surface area contributed by atoms with E-state index in [0.29, 0.717) is 24.1 Å². The smallest absolute Gasteiger partial charge is 0.328 e. The molecule has 1 N–H and O–H groups in total. The molecule has 27 heavy (non-hydrogen) atoms. The van der Waals surface area contributed by atoms with Crippen LogP contribution in [0.3, 0.4) is 0 Å². The van der Waals surface area contributed by atoms with Crippen LogP contribution in [0, 0.1) is 11.3 Å². The number of ether oxygens (including phenoxy) is 1. The molecule has 10 heteroatoms. The number of aliphatic carboxylic acids is 1. The predicted octanol–water partition coefficient (Wildman–Crippen LogP) is -0.0112. The van der Waals surface area contributed by atoms with Crippen LogP contribution < -0.4 is 5.69 Å². The summed E-state index contributed by atoms with van der Waals surface area (Å²) in [6.45, 7) is 0.601. The van der Waals surface area contributed by atoms with Crippen molar-refractivity contribution < 1.29 is 23.1 Å². The monoisotopic (exact) mass is 395 g/mol. The Balaban J connectivity index is 1.76. The number of hydrogen-bond donors (Lipinski definition) is 1. The van der Waals surface area contributed by atoms with Gasteiger partial charge in [0, 0.05) is 39.7 Å². The molecule has 146 valence electrons. The molecule has 0 aliphatic carbocycles. The molecule has 2 aliphatic heterocycles. The van der Waals surface area contributed by atoms with Crippen LogP contribution in [0.25, 0.3) is 11.0 Å². The number of sulfonamides is 1. The molecular weight excluding hydrogens is 374 g/mol. The van der Waals surface area contributed by atoms with E-state index in [4.69, 9.17) is 4.74 Å². The average Bonchev–Trinajstić information content (AvgIpc) is 3.16. The first-order valence-corrected chi connectivity index (χ1v) is 10.1. The topological polar surface area (TPSA) is 111 Å². The Labute approximate surface area is 155 Å². The highest BCUT2D eigenvalue weighted by molar-refractivity contribution is 7.89. The molecule has 2 aromatic rings. The van der Waals surface area contributed by atoms with Gasteiger partial charge in [-0.15, -0.1) is 0 Å². The zero-order valence-electron chi connectivity index (χ0n) is 15.1.